The molecule has 7 heteroatoms. The fourth-order valence-corrected chi connectivity index (χ4v) is 3.40. The van der Waals surface area contributed by atoms with Crippen molar-refractivity contribution < 1.29 is 0 Å². The molecule has 1 saturated heterocycles. The molecular weight excluding hydrogens is 338 g/mol. The Balaban J connectivity index is 1.51. The van der Waals surface area contributed by atoms with Crippen molar-refractivity contribution in [3.63, 3.8) is 0 Å². The van der Waals surface area contributed by atoms with Gasteiger partial charge >= 0.3 is 0 Å². The number of anilines is 3. The summed E-state index contributed by atoms with van der Waals surface area (Å²) < 4.78 is 2.25. The smallest absolute Gasteiger partial charge is 0.228 e. The minimum atomic E-state index is 0.365. The van der Waals surface area contributed by atoms with Gasteiger partial charge in [-0.2, -0.15) is 0 Å². The van der Waals surface area contributed by atoms with E-state index in [1.807, 2.05) is 18.5 Å². The van der Waals surface area contributed by atoms with Crippen molar-refractivity contribution in [2.45, 2.75) is 19.9 Å². The van der Waals surface area contributed by atoms with Crippen LogP contribution < -0.4 is 15.5 Å². The van der Waals surface area contributed by atoms with Gasteiger partial charge in [0, 0.05) is 29.2 Å². The highest BCUT2D eigenvalue weighted by molar-refractivity contribution is 6.03. The number of rotatable bonds is 4. The molecule has 4 aromatic rings. The van der Waals surface area contributed by atoms with E-state index in [9.17, 15) is 0 Å². The lowest BCUT2D eigenvalue weighted by Gasteiger charge is -2.33. The molecule has 1 aliphatic rings. The Morgan fingerprint density at radius 3 is 2.56 bits per heavy atom. The van der Waals surface area contributed by atoms with Crippen LogP contribution in [0.2, 0.25) is 0 Å². The van der Waals surface area contributed by atoms with Gasteiger partial charge in [-0.1, -0.05) is 12.1 Å². The molecule has 0 radical (unpaired) electrons. The largest absolute Gasteiger partial charge is 0.345 e. The highest BCUT2D eigenvalue weighted by Crippen LogP contribution is 2.28. The SMILES string of the molecule is CC(C)n1ccc2ccc3cnc(Nc4ccc(N5CNC5)cn4)nc3c21. The van der Waals surface area contributed by atoms with Crippen LogP contribution in [0.25, 0.3) is 21.8 Å². The van der Waals surface area contributed by atoms with E-state index < -0.39 is 0 Å². The maximum Gasteiger partial charge on any atom is 0.228 e. The van der Waals surface area contributed by atoms with Gasteiger partial charge in [0.2, 0.25) is 5.95 Å². The molecule has 0 atom stereocenters. The molecule has 3 aromatic heterocycles. The monoisotopic (exact) mass is 359 g/mol. The van der Waals surface area contributed by atoms with E-state index >= 15 is 0 Å². The number of aromatic nitrogens is 4. The lowest BCUT2D eigenvalue weighted by molar-refractivity contribution is 0.523. The summed E-state index contributed by atoms with van der Waals surface area (Å²) in [7, 11) is 0. The third-order valence-electron chi connectivity index (χ3n) is 4.94. The predicted octanol–water partition coefficient (Wildman–Crippen LogP) is 3.63. The number of fused-ring (bicyclic) bond motifs is 3. The molecule has 0 unspecified atom stereocenters. The number of benzene rings is 1. The average molecular weight is 359 g/mol. The third-order valence-corrected chi connectivity index (χ3v) is 4.94. The number of hydrogen-bond acceptors (Lipinski definition) is 6. The summed E-state index contributed by atoms with van der Waals surface area (Å²) >= 11 is 0. The number of nitrogens with zero attached hydrogens (tertiary/aromatic N) is 5. The second-order valence-electron chi connectivity index (χ2n) is 7.08. The zero-order valence-electron chi connectivity index (χ0n) is 15.3. The lowest BCUT2D eigenvalue weighted by Crippen LogP contribution is -2.52. The summed E-state index contributed by atoms with van der Waals surface area (Å²) in [5.41, 5.74) is 3.20. The van der Waals surface area contributed by atoms with Gasteiger partial charge < -0.3 is 14.8 Å². The Hall–Kier alpha value is -3.19. The van der Waals surface area contributed by atoms with Crippen molar-refractivity contribution in [3.05, 3.63) is 48.9 Å². The van der Waals surface area contributed by atoms with Crippen LogP contribution in [0.15, 0.2) is 48.9 Å². The lowest BCUT2D eigenvalue weighted by atomic mass is 10.2. The second kappa shape index (κ2) is 6.21. The zero-order valence-corrected chi connectivity index (χ0v) is 15.3. The van der Waals surface area contributed by atoms with E-state index in [1.165, 1.54) is 5.39 Å². The Kier molecular flexibility index (Phi) is 3.68. The molecule has 1 aliphatic heterocycles. The standard InChI is InChI=1S/C20H21N7/c1-13(2)27-8-7-14-3-4-15-9-23-20(25-18(15)19(14)27)24-17-6-5-16(10-22-17)26-11-21-12-26/h3-10,13,21H,11-12H2,1-2H3,(H,22,23,24,25). The van der Waals surface area contributed by atoms with Crippen LogP contribution in [0.4, 0.5) is 17.5 Å². The maximum absolute atomic E-state index is 4.80. The molecule has 4 heterocycles. The molecule has 5 rings (SSSR count). The Bertz CT molecular complexity index is 1110. The van der Waals surface area contributed by atoms with Crippen LogP contribution in [0.3, 0.4) is 0 Å². The van der Waals surface area contributed by atoms with Gasteiger partial charge in [-0.3, -0.25) is 5.32 Å². The molecule has 27 heavy (non-hydrogen) atoms. The van der Waals surface area contributed by atoms with Crippen molar-refractivity contribution in [1.29, 1.82) is 0 Å². The molecule has 0 aliphatic carbocycles. The van der Waals surface area contributed by atoms with Gasteiger partial charge in [0.05, 0.1) is 30.7 Å². The van der Waals surface area contributed by atoms with Gasteiger partial charge in [-0.25, -0.2) is 15.0 Å². The Morgan fingerprint density at radius 1 is 1.00 bits per heavy atom. The quantitative estimate of drug-likeness (QED) is 0.580. The normalized spacial score (nSPS) is 14.1. The van der Waals surface area contributed by atoms with Gasteiger partial charge in [0.1, 0.15) is 11.3 Å². The van der Waals surface area contributed by atoms with Gasteiger partial charge in [0.25, 0.3) is 0 Å². The van der Waals surface area contributed by atoms with Crippen LogP contribution in [0.5, 0.6) is 0 Å². The van der Waals surface area contributed by atoms with Crippen molar-refractivity contribution in [2.75, 3.05) is 23.6 Å². The summed E-state index contributed by atoms with van der Waals surface area (Å²) in [6, 6.07) is 10.7. The van der Waals surface area contributed by atoms with E-state index in [0.29, 0.717) is 12.0 Å². The molecule has 0 saturated carbocycles. The summed E-state index contributed by atoms with van der Waals surface area (Å²) in [6.07, 6.45) is 5.85. The molecule has 1 fully saturated rings. The first-order valence-electron chi connectivity index (χ1n) is 9.14. The molecule has 0 amide bonds. The first-order chi connectivity index (χ1) is 13.2. The molecule has 2 N–H and O–H groups in total. The molecule has 1 aromatic carbocycles. The molecule has 0 spiro atoms. The van der Waals surface area contributed by atoms with Crippen LogP contribution in [0.1, 0.15) is 19.9 Å². The summed E-state index contributed by atoms with van der Waals surface area (Å²) in [5, 5.41) is 8.66. The summed E-state index contributed by atoms with van der Waals surface area (Å²) in [5.74, 6) is 1.29. The van der Waals surface area contributed by atoms with Crippen molar-refractivity contribution in [1.82, 2.24) is 24.8 Å². The highest BCUT2D eigenvalue weighted by Gasteiger charge is 2.14. The fourth-order valence-electron chi connectivity index (χ4n) is 3.40. The topological polar surface area (TPSA) is 70.9 Å². The van der Waals surface area contributed by atoms with Crippen molar-refractivity contribution >= 4 is 39.3 Å². The van der Waals surface area contributed by atoms with E-state index in [4.69, 9.17) is 4.98 Å². The Morgan fingerprint density at radius 2 is 1.85 bits per heavy atom. The van der Waals surface area contributed by atoms with Crippen molar-refractivity contribution in [3.8, 4) is 0 Å². The van der Waals surface area contributed by atoms with Gasteiger partial charge in [0.15, 0.2) is 0 Å². The molecule has 7 nitrogen and oxygen atoms in total. The zero-order chi connectivity index (χ0) is 18.4. The molecule has 0 bridgehead atoms. The van der Waals surface area contributed by atoms with Gasteiger partial charge in [-0.05, 0) is 32.0 Å². The summed E-state index contributed by atoms with van der Waals surface area (Å²) in [6.45, 7) is 6.09. The van der Waals surface area contributed by atoms with Crippen LogP contribution in [-0.2, 0) is 0 Å². The third kappa shape index (κ3) is 2.76. The van der Waals surface area contributed by atoms with E-state index in [0.717, 1.165) is 41.3 Å². The van der Waals surface area contributed by atoms with E-state index in [1.54, 1.807) is 0 Å². The van der Waals surface area contributed by atoms with Crippen LogP contribution in [0, 0.1) is 0 Å². The summed E-state index contributed by atoms with van der Waals surface area (Å²) in [4.78, 5) is 16.0. The highest BCUT2D eigenvalue weighted by atomic mass is 15.4. The number of nitrogens with one attached hydrogen (secondary N) is 2. The van der Waals surface area contributed by atoms with Gasteiger partial charge in [-0.15, -0.1) is 0 Å². The average Bonchev–Trinajstić information content (AvgIpc) is 3.07. The maximum atomic E-state index is 4.80. The van der Waals surface area contributed by atoms with Crippen LogP contribution in [-0.4, -0.2) is 32.9 Å². The first kappa shape index (κ1) is 16.0. The first-order valence-corrected chi connectivity index (χ1v) is 9.14. The van der Waals surface area contributed by atoms with Crippen LogP contribution >= 0.6 is 0 Å². The molecule has 136 valence electrons. The van der Waals surface area contributed by atoms with Crippen molar-refractivity contribution in [2.24, 2.45) is 0 Å². The van der Waals surface area contributed by atoms with E-state index in [2.05, 4.69) is 74.4 Å². The number of hydrogen-bond donors (Lipinski definition) is 2. The Labute approximate surface area is 157 Å². The molecular formula is C20H21N7. The number of pyridine rings is 1. The second-order valence-corrected chi connectivity index (χ2v) is 7.08. The minimum absolute atomic E-state index is 0.365. The minimum Gasteiger partial charge on any atom is -0.345 e. The van der Waals surface area contributed by atoms with E-state index in [-0.39, 0.29) is 0 Å². The fraction of sp³-hybridized carbons (Fsp3) is 0.250. The predicted molar refractivity (Wildman–Crippen MR) is 108 cm³/mol.